The Bertz CT molecular complexity index is 52.5. The fourth-order valence-corrected chi connectivity index (χ4v) is 0.532. The number of hydrogen-bond donors (Lipinski definition) is 1. The molecule has 1 N–H and O–H groups in total. The van der Waals surface area contributed by atoms with Crippen molar-refractivity contribution in [3.8, 4) is 0 Å². The van der Waals surface area contributed by atoms with Gasteiger partial charge >= 0.3 is 0 Å². The normalized spacial score (nSPS) is 14.6. The summed E-state index contributed by atoms with van der Waals surface area (Å²) >= 11 is 0. The highest BCUT2D eigenvalue weighted by molar-refractivity contribution is 4.68. The highest BCUT2D eigenvalue weighted by Gasteiger charge is 1.96. The van der Waals surface area contributed by atoms with Crippen LogP contribution < -0.4 is 5.32 Å². The van der Waals surface area contributed by atoms with Crippen LogP contribution in [0.3, 0.4) is 0 Å². The van der Waals surface area contributed by atoms with Gasteiger partial charge in [0.15, 0.2) is 0 Å². The predicted octanol–water partition coefficient (Wildman–Crippen LogP) is -0.0299. The van der Waals surface area contributed by atoms with Crippen molar-refractivity contribution in [3.63, 3.8) is 0 Å². The molecule has 2 nitrogen and oxygen atoms in total. The van der Waals surface area contributed by atoms with E-state index in [1.54, 1.807) is 0 Å². The molecule has 0 saturated heterocycles. The molecule has 0 spiro atoms. The van der Waals surface area contributed by atoms with Gasteiger partial charge in [0.25, 0.3) is 0 Å². The molecular weight excluding hydrogens is 100 g/mol. The molecule has 0 rings (SSSR count). The third-order valence-electron chi connectivity index (χ3n) is 0.994. The van der Waals surface area contributed by atoms with E-state index in [4.69, 9.17) is 0 Å². The van der Waals surface area contributed by atoms with Crippen LogP contribution in [0.5, 0.6) is 0 Å². The van der Waals surface area contributed by atoms with Crippen LogP contribution in [0.4, 0.5) is 0 Å². The van der Waals surface area contributed by atoms with Gasteiger partial charge in [0, 0.05) is 12.6 Å². The van der Waals surface area contributed by atoms with E-state index in [0.29, 0.717) is 6.04 Å². The van der Waals surface area contributed by atoms with Crippen LogP contribution in [0.15, 0.2) is 0 Å². The summed E-state index contributed by atoms with van der Waals surface area (Å²) in [5.74, 6) is 0. The summed E-state index contributed by atoms with van der Waals surface area (Å²) in [5, 5.41) is 3.04. The van der Waals surface area contributed by atoms with Crippen LogP contribution in [-0.2, 0) is 0 Å². The zero-order valence-electron chi connectivity index (χ0n) is 5.94. The molecule has 0 aliphatic heterocycles. The second-order valence-corrected chi connectivity index (χ2v) is 2.25. The maximum absolute atomic E-state index is 3.84. The second kappa shape index (κ2) is 3.87. The monoisotopic (exact) mass is 115 g/mol. The minimum absolute atomic E-state index is 0.352. The van der Waals surface area contributed by atoms with Gasteiger partial charge in [-0.25, -0.2) is 0 Å². The van der Waals surface area contributed by atoms with Gasteiger partial charge in [0.1, 0.15) is 0 Å². The van der Waals surface area contributed by atoms with Gasteiger partial charge in [-0.3, -0.25) is 0 Å². The number of rotatable bonds is 3. The first kappa shape index (κ1) is 7.92. The van der Waals surface area contributed by atoms with Gasteiger partial charge in [-0.1, -0.05) is 0 Å². The average Bonchev–Trinajstić information content (AvgIpc) is 1.65. The molecule has 0 aromatic carbocycles. The lowest BCUT2D eigenvalue weighted by Crippen LogP contribution is -2.33. The number of nitrogens with zero attached hydrogens (tertiary/aromatic N) is 1. The zero-order chi connectivity index (χ0) is 6.57. The van der Waals surface area contributed by atoms with Crippen molar-refractivity contribution in [1.29, 1.82) is 0 Å². The smallest absolute Gasteiger partial charge is 0.0192 e. The molecule has 1 atom stereocenters. The van der Waals surface area contributed by atoms with Gasteiger partial charge in [0.2, 0.25) is 0 Å². The van der Waals surface area contributed by atoms with Crippen molar-refractivity contribution in [2.24, 2.45) is 0 Å². The van der Waals surface area contributed by atoms with Crippen LogP contribution >= 0.6 is 0 Å². The lowest BCUT2D eigenvalue weighted by atomic mass is 10.3. The Hall–Kier alpha value is -0.0800. The van der Waals surface area contributed by atoms with Gasteiger partial charge in [-0.2, -0.15) is 0 Å². The van der Waals surface area contributed by atoms with E-state index >= 15 is 0 Å². The fourth-order valence-electron chi connectivity index (χ4n) is 0.532. The van der Waals surface area contributed by atoms with E-state index in [9.17, 15) is 0 Å². The average molecular weight is 115 g/mol. The molecule has 0 aliphatic carbocycles. The minimum Gasteiger partial charge on any atom is -0.316 e. The highest BCUT2D eigenvalue weighted by atomic mass is 15.1. The molecule has 0 saturated carbocycles. The van der Waals surface area contributed by atoms with E-state index in [0.717, 1.165) is 6.54 Å². The first-order chi connectivity index (χ1) is 3.66. The molecule has 0 aliphatic rings. The Kier molecular flexibility index (Phi) is 3.83. The Morgan fingerprint density at radius 3 is 2.25 bits per heavy atom. The summed E-state index contributed by atoms with van der Waals surface area (Å²) < 4.78 is 0. The van der Waals surface area contributed by atoms with Crippen LogP contribution in [0, 0.1) is 6.92 Å². The molecule has 8 heavy (non-hydrogen) atoms. The maximum Gasteiger partial charge on any atom is 0.0192 e. The van der Waals surface area contributed by atoms with Crippen LogP contribution in [0.25, 0.3) is 0 Å². The summed E-state index contributed by atoms with van der Waals surface area (Å²) in [6.07, 6.45) is 0. The fraction of sp³-hybridized carbons (Fsp3) is 0.833. The van der Waals surface area contributed by atoms with Crippen molar-refractivity contribution in [2.75, 3.05) is 27.7 Å². The number of likely N-dealkylation sites (N-methyl/N-ethyl adjacent to an activating group) is 2. The Balaban J connectivity index is 3.10. The van der Waals surface area contributed by atoms with E-state index in [1.165, 1.54) is 0 Å². The molecule has 2 heteroatoms. The molecule has 0 aromatic heterocycles. The summed E-state index contributed by atoms with van der Waals surface area (Å²) in [6, 6.07) is 0.352. The van der Waals surface area contributed by atoms with Crippen LogP contribution in [0.1, 0.15) is 0 Å². The summed E-state index contributed by atoms with van der Waals surface area (Å²) in [4.78, 5) is 2.11. The second-order valence-electron chi connectivity index (χ2n) is 2.25. The number of hydrogen-bond acceptors (Lipinski definition) is 2. The molecule has 1 radical (unpaired) electrons. The van der Waals surface area contributed by atoms with Gasteiger partial charge < -0.3 is 10.2 Å². The van der Waals surface area contributed by atoms with Gasteiger partial charge in [-0.15, -0.1) is 0 Å². The van der Waals surface area contributed by atoms with Gasteiger partial charge in [-0.05, 0) is 28.1 Å². The van der Waals surface area contributed by atoms with Crippen molar-refractivity contribution in [2.45, 2.75) is 6.04 Å². The lowest BCUT2D eigenvalue weighted by molar-refractivity contribution is 0.375. The quantitative estimate of drug-likeness (QED) is 0.555. The summed E-state index contributed by atoms with van der Waals surface area (Å²) in [7, 11) is 5.99. The molecule has 0 bridgehead atoms. The van der Waals surface area contributed by atoms with Crippen LogP contribution in [-0.4, -0.2) is 38.6 Å². The Morgan fingerprint density at radius 2 is 2.12 bits per heavy atom. The van der Waals surface area contributed by atoms with E-state index in [2.05, 4.69) is 17.1 Å². The molecule has 1 unspecified atom stereocenters. The molecule has 0 heterocycles. The van der Waals surface area contributed by atoms with E-state index < -0.39 is 0 Å². The third kappa shape index (κ3) is 4.09. The number of nitrogens with one attached hydrogen (secondary N) is 1. The molecule has 0 amide bonds. The summed E-state index contributed by atoms with van der Waals surface area (Å²) in [6.45, 7) is 4.84. The van der Waals surface area contributed by atoms with Crippen molar-refractivity contribution in [1.82, 2.24) is 10.2 Å². The largest absolute Gasteiger partial charge is 0.316 e. The zero-order valence-corrected chi connectivity index (χ0v) is 5.94. The standard InChI is InChI=1S/C6H15N2/c1-6(7-2)5-8(3)4/h6-7H,1,5H2,2-4H3. The van der Waals surface area contributed by atoms with E-state index in [1.807, 2.05) is 21.1 Å². The van der Waals surface area contributed by atoms with Crippen molar-refractivity contribution < 1.29 is 0 Å². The first-order valence-corrected chi connectivity index (χ1v) is 2.82. The first-order valence-electron chi connectivity index (χ1n) is 2.82. The Morgan fingerprint density at radius 1 is 1.62 bits per heavy atom. The van der Waals surface area contributed by atoms with E-state index in [-0.39, 0.29) is 0 Å². The minimum atomic E-state index is 0.352. The van der Waals surface area contributed by atoms with Crippen molar-refractivity contribution in [3.05, 3.63) is 6.92 Å². The maximum atomic E-state index is 3.84. The lowest BCUT2D eigenvalue weighted by Gasteiger charge is -2.14. The third-order valence-corrected chi connectivity index (χ3v) is 0.994. The molecule has 0 fully saturated rings. The topological polar surface area (TPSA) is 15.3 Å². The highest BCUT2D eigenvalue weighted by Crippen LogP contribution is 1.80. The van der Waals surface area contributed by atoms with Crippen molar-refractivity contribution >= 4 is 0 Å². The summed E-state index contributed by atoms with van der Waals surface area (Å²) in [5.41, 5.74) is 0. The predicted molar refractivity (Wildman–Crippen MR) is 36.8 cm³/mol. The Labute approximate surface area is 51.9 Å². The molecule has 0 aromatic rings. The SMILES string of the molecule is [CH2]C(CN(C)C)NC. The van der Waals surface area contributed by atoms with Crippen LogP contribution in [0.2, 0.25) is 0 Å². The van der Waals surface area contributed by atoms with Gasteiger partial charge in [0.05, 0.1) is 0 Å². The molecule has 49 valence electrons. The molecular formula is C6H15N2.